The van der Waals surface area contributed by atoms with E-state index in [2.05, 4.69) is 5.32 Å². The Balaban J connectivity index is 1.25. The number of carbonyl (C=O) groups is 2. The SMILES string of the molecule is O=C(OCC1CCCCN1C(=O)NC1CCC2(CC1)OCCO2)N1CCCC1. The maximum absolute atomic E-state index is 12.9. The van der Waals surface area contributed by atoms with Crippen molar-refractivity contribution in [3.05, 3.63) is 0 Å². The van der Waals surface area contributed by atoms with Crippen molar-refractivity contribution in [2.75, 3.05) is 39.5 Å². The molecule has 1 spiro atoms. The number of carbonyl (C=O) groups excluding carboxylic acids is 2. The van der Waals surface area contributed by atoms with Gasteiger partial charge in [-0.15, -0.1) is 0 Å². The van der Waals surface area contributed by atoms with Crippen LogP contribution in [0.5, 0.6) is 0 Å². The molecule has 158 valence electrons. The van der Waals surface area contributed by atoms with Gasteiger partial charge >= 0.3 is 12.1 Å². The summed E-state index contributed by atoms with van der Waals surface area (Å²) < 4.78 is 17.1. The molecule has 1 N–H and O–H groups in total. The van der Waals surface area contributed by atoms with E-state index in [9.17, 15) is 9.59 Å². The first-order valence-corrected chi connectivity index (χ1v) is 10.9. The van der Waals surface area contributed by atoms with E-state index in [1.54, 1.807) is 4.90 Å². The van der Waals surface area contributed by atoms with Crippen molar-refractivity contribution in [2.45, 2.75) is 75.7 Å². The first-order chi connectivity index (χ1) is 13.7. The second-order valence-electron chi connectivity index (χ2n) is 8.45. The van der Waals surface area contributed by atoms with Crippen LogP contribution in [0.4, 0.5) is 9.59 Å². The minimum absolute atomic E-state index is 0.0308. The van der Waals surface area contributed by atoms with E-state index >= 15 is 0 Å². The normalized spacial score (nSPS) is 27.9. The second kappa shape index (κ2) is 8.86. The van der Waals surface area contributed by atoms with Crippen LogP contribution in [0.1, 0.15) is 57.8 Å². The van der Waals surface area contributed by atoms with Crippen LogP contribution in [-0.4, -0.2) is 79.2 Å². The summed E-state index contributed by atoms with van der Waals surface area (Å²) in [5.74, 6) is -0.404. The van der Waals surface area contributed by atoms with Gasteiger partial charge in [-0.3, -0.25) is 0 Å². The topological polar surface area (TPSA) is 80.3 Å². The van der Waals surface area contributed by atoms with Gasteiger partial charge in [-0.2, -0.15) is 0 Å². The highest BCUT2D eigenvalue weighted by Crippen LogP contribution is 2.35. The second-order valence-corrected chi connectivity index (χ2v) is 8.45. The smallest absolute Gasteiger partial charge is 0.409 e. The van der Waals surface area contributed by atoms with Gasteiger partial charge in [-0.25, -0.2) is 9.59 Å². The van der Waals surface area contributed by atoms with Gasteiger partial charge in [0, 0.05) is 38.5 Å². The van der Waals surface area contributed by atoms with Crippen LogP contribution in [-0.2, 0) is 14.2 Å². The number of urea groups is 1. The Hall–Kier alpha value is -1.54. The minimum atomic E-state index is -0.404. The molecule has 0 aromatic rings. The fraction of sp³-hybridized carbons (Fsp3) is 0.900. The van der Waals surface area contributed by atoms with E-state index in [1.807, 2.05) is 4.90 Å². The summed E-state index contributed by atoms with van der Waals surface area (Å²) in [6.45, 7) is 3.92. The number of likely N-dealkylation sites (tertiary alicyclic amines) is 2. The standard InChI is InChI=1S/C20H33N3O5/c24-18(21-16-6-8-20(9-7-16)27-13-14-28-20)23-12-2-1-5-17(23)15-26-19(25)22-10-3-4-11-22/h16-17H,1-15H2,(H,21,24). The molecule has 0 bridgehead atoms. The maximum Gasteiger partial charge on any atom is 0.409 e. The fourth-order valence-corrected chi connectivity index (χ4v) is 4.84. The number of hydrogen-bond donors (Lipinski definition) is 1. The average molecular weight is 396 g/mol. The first-order valence-electron chi connectivity index (χ1n) is 10.9. The van der Waals surface area contributed by atoms with Crippen LogP contribution in [0.2, 0.25) is 0 Å². The molecule has 0 radical (unpaired) electrons. The zero-order chi connectivity index (χ0) is 19.4. The van der Waals surface area contributed by atoms with E-state index in [-0.39, 0.29) is 30.8 Å². The lowest BCUT2D eigenvalue weighted by Gasteiger charge is -2.39. The number of piperidine rings is 1. The fourth-order valence-electron chi connectivity index (χ4n) is 4.84. The molecular formula is C20H33N3O5. The molecule has 3 heterocycles. The Morgan fingerprint density at radius 2 is 1.64 bits per heavy atom. The highest BCUT2D eigenvalue weighted by Gasteiger charge is 2.41. The molecule has 4 fully saturated rings. The van der Waals surface area contributed by atoms with Crippen LogP contribution in [0.15, 0.2) is 0 Å². The Kier molecular flexibility index (Phi) is 6.25. The van der Waals surface area contributed by atoms with Crippen LogP contribution in [0, 0.1) is 0 Å². The van der Waals surface area contributed by atoms with Gasteiger partial charge in [0.2, 0.25) is 0 Å². The Labute approximate surface area is 166 Å². The summed E-state index contributed by atoms with van der Waals surface area (Å²) in [6, 6.07) is 0.0912. The van der Waals surface area contributed by atoms with Crippen molar-refractivity contribution in [1.82, 2.24) is 15.1 Å². The lowest BCUT2D eigenvalue weighted by atomic mass is 9.90. The summed E-state index contributed by atoms with van der Waals surface area (Å²) in [7, 11) is 0. The van der Waals surface area contributed by atoms with Gasteiger partial charge in [0.25, 0.3) is 0 Å². The van der Waals surface area contributed by atoms with Crippen molar-refractivity contribution in [3.8, 4) is 0 Å². The number of ether oxygens (including phenoxy) is 3. The Bertz CT molecular complexity index is 550. The third kappa shape index (κ3) is 4.54. The van der Waals surface area contributed by atoms with E-state index in [0.29, 0.717) is 13.2 Å². The van der Waals surface area contributed by atoms with Gasteiger partial charge < -0.3 is 29.3 Å². The van der Waals surface area contributed by atoms with E-state index < -0.39 is 5.79 Å². The molecule has 28 heavy (non-hydrogen) atoms. The molecule has 1 atom stereocenters. The zero-order valence-electron chi connectivity index (χ0n) is 16.7. The molecule has 1 saturated carbocycles. The summed E-state index contributed by atoms with van der Waals surface area (Å²) >= 11 is 0. The summed E-state index contributed by atoms with van der Waals surface area (Å²) in [4.78, 5) is 28.7. The highest BCUT2D eigenvalue weighted by atomic mass is 16.7. The number of rotatable bonds is 3. The molecule has 1 unspecified atom stereocenters. The number of nitrogens with one attached hydrogen (secondary N) is 1. The predicted octanol–water partition coefficient (Wildman–Crippen LogP) is 2.47. The average Bonchev–Trinajstić information content (AvgIpc) is 3.41. The monoisotopic (exact) mass is 395 g/mol. The van der Waals surface area contributed by atoms with E-state index in [1.165, 1.54) is 0 Å². The molecule has 1 aliphatic carbocycles. The molecule has 3 aliphatic heterocycles. The lowest BCUT2D eigenvalue weighted by Crippen LogP contribution is -2.54. The Morgan fingerprint density at radius 1 is 0.964 bits per heavy atom. The third-order valence-corrected chi connectivity index (χ3v) is 6.54. The minimum Gasteiger partial charge on any atom is -0.447 e. The van der Waals surface area contributed by atoms with E-state index in [4.69, 9.17) is 14.2 Å². The third-order valence-electron chi connectivity index (χ3n) is 6.54. The van der Waals surface area contributed by atoms with Crippen molar-refractivity contribution in [2.24, 2.45) is 0 Å². The molecule has 4 aliphatic rings. The van der Waals surface area contributed by atoms with Gasteiger partial charge in [0.15, 0.2) is 5.79 Å². The number of nitrogens with zero attached hydrogens (tertiary/aromatic N) is 2. The molecule has 3 saturated heterocycles. The van der Waals surface area contributed by atoms with Gasteiger partial charge in [0.1, 0.15) is 6.61 Å². The van der Waals surface area contributed by atoms with Crippen LogP contribution in [0.3, 0.4) is 0 Å². The van der Waals surface area contributed by atoms with E-state index in [0.717, 1.165) is 77.4 Å². The molecular weight excluding hydrogens is 362 g/mol. The first kappa shape index (κ1) is 19.8. The lowest BCUT2D eigenvalue weighted by molar-refractivity contribution is -0.179. The zero-order valence-corrected chi connectivity index (χ0v) is 16.7. The molecule has 0 aromatic heterocycles. The molecule has 8 nitrogen and oxygen atoms in total. The summed E-state index contributed by atoms with van der Waals surface area (Å²) in [6.07, 6.45) is 8.20. The van der Waals surface area contributed by atoms with Crippen molar-refractivity contribution < 1.29 is 23.8 Å². The van der Waals surface area contributed by atoms with Crippen LogP contribution < -0.4 is 5.32 Å². The van der Waals surface area contributed by atoms with Gasteiger partial charge in [-0.05, 0) is 44.9 Å². The van der Waals surface area contributed by atoms with Crippen LogP contribution in [0.25, 0.3) is 0 Å². The quantitative estimate of drug-likeness (QED) is 0.794. The molecule has 8 heteroatoms. The largest absolute Gasteiger partial charge is 0.447 e. The summed E-state index contributed by atoms with van der Waals surface area (Å²) in [5, 5.41) is 3.19. The van der Waals surface area contributed by atoms with Gasteiger partial charge in [-0.1, -0.05) is 0 Å². The summed E-state index contributed by atoms with van der Waals surface area (Å²) in [5.41, 5.74) is 0. The molecule has 4 rings (SSSR count). The predicted molar refractivity (Wildman–Crippen MR) is 102 cm³/mol. The van der Waals surface area contributed by atoms with Crippen molar-refractivity contribution in [1.29, 1.82) is 0 Å². The molecule has 0 aromatic carbocycles. The Morgan fingerprint density at radius 3 is 2.36 bits per heavy atom. The van der Waals surface area contributed by atoms with Crippen LogP contribution >= 0.6 is 0 Å². The molecule has 3 amide bonds. The van der Waals surface area contributed by atoms with Crippen molar-refractivity contribution >= 4 is 12.1 Å². The number of hydrogen-bond acceptors (Lipinski definition) is 5. The van der Waals surface area contributed by atoms with Crippen molar-refractivity contribution in [3.63, 3.8) is 0 Å². The van der Waals surface area contributed by atoms with Gasteiger partial charge in [0.05, 0.1) is 19.3 Å². The maximum atomic E-state index is 12.9. The number of amides is 3. The highest BCUT2D eigenvalue weighted by molar-refractivity contribution is 5.75.